The molecular formula is C13H16FN3O3. The summed E-state index contributed by atoms with van der Waals surface area (Å²) in [4.78, 5) is 15.7. The molecular weight excluding hydrogens is 265 g/mol. The number of pyridine rings is 1. The van der Waals surface area contributed by atoms with Gasteiger partial charge in [0.2, 0.25) is 0 Å². The van der Waals surface area contributed by atoms with Gasteiger partial charge in [-0.3, -0.25) is 10.1 Å². The van der Waals surface area contributed by atoms with Gasteiger partial charge >= 0.3 is 0 Å². The Hall–Kier alpha value is -1.76. The highest BCUT2D eigenvalue weighted by molar-refractivity contribution is 5.45. The van der Waals surface area contributed by atoms with Crippen molar-refractivity contribution in [1.29, 1.82) is 0 Å². The van der Waals surface area contributed by atoms with Gasteiger partial charge in [0.1, 0.15) is 6.20 Å². The van der Waals surface area contributed by atoms with Crippen LogP contribution in [-0.4, -0.2) is 35.2 Å². The van der Waals surface area contributed by atoms with Crippen molar-refractivity contribution in [1.82, 2.24) is 4.98 Å². The predicted molar refractivity (Wildman–Crippen MR) is 70.1 cm³/mol. The molecule has 2 heterocycles. The highest BCUT2D eigenvalue weighted by atomic mass is 19.1. The Kier molecular flexibility index (Phi) is 3.29. The van der Waals surface area contributed by atoms with E-state index in [9.17, 15) is 14.5 Å². The van der Waals surface area contributed by atoms with Gasteiger partial charge in [-0.2, -0.15) is 0 Å². The molecule has 1 aromatic heterocycles. The Morgan fingerprint density at radius 1 is 1.50 bits per heavy atom. The molecule has 108 valence electrons. The highest BCUT2D eigenvalue weighted by Gasteiger charge is 2.38. The number of hydrogen-bond acceptors (Lipinski definition) is 5. The zero-order valence-corrected chi connectivity index (χ0v) is 11.2. The standard InChI is InChI=1S/C13H16FN3O3/c1-8-6-16(7-12(20-8)9-2-3-9)13-11(14)4-10(5-15-13)17(18)19/h4-5,8-9,12H,2-3,6-7H2,1H3/t8-,12-/m1/s1. The minimum absolute atomic E-state index is 0.00532. The van der Waals surface area contributed by atoms with Gasteiger partial charge < -0.3 is 9.64 Å². The molecule has 0 radical (unpaired) electrons. The van der Waals surface area contributed by atoms with E-state index in [1.807, 2.05) is 11.8 Å². The van der Waals surface area contributed by atoms with Crippen molar-refractivity contribution < 1.29 is 14.1 Å². The molecule has 1 aliphatic carbocycles. The molecule has 1 saturated carbocycles. The van der Waals surface area contributed by atoms with E-state index >= 15 is 0 Å². The third kappa shape index (κ3) is 2.58. The number of anilines is 1. The summed E-state index contributed by atoms with van der Waals surface area (Å²) in [5.41, 5.74) is -0.327. The van der Waals surface area contributed by atoms with E-state index in [1.165, 1.54) is 0 Å². The van der Waals surface area contributed by atoms with Crippen LogP contribution in [0.4, 0.5) is 15.9 Å². The molecule has 1 saturated heterocycles. The summed E-state index contributed by atoms with van der Waals surface area (Å²) in [6.45, 7) is 3.09. The zero-order chi connectivity index (χ0) is 14.3. The molecule has 0 aromatic carbocycles. The first kappa shape index (κ1) is 13.2. The maximum absolute atomic E-state index is 14.0. The molecule has 3 rings (SSSR count). The summed E-state index contributed by atoms with van der Waals surface area (Å²) in [5, 5.41) is 10.6. The van der Waals surface area contributed by atoms with E-state index in [1.54, 1.807) is 0 Å². The molecule has 0 unspecified atom stereocenters. The lowest BCUT2D eigenvalue weighted by Gasteiger charge is -2.37. The summed E-state index contributed by atoms with van der Waals surface area (Å²) >= 11 is 0. The van der Waals surface area contributed by atoms with Crippen molar-refractivity contribution >= 4 is 11.5 Å². The molecule has 2 atom stereocenters. The smallest absolute Gasteiger partial charge is 0.290 e. The molecule has 20 heavy (non-hydrogen) atoms. The van der Waals surface area contributed by atoms with Crippen LogP contribution >= 0.6 is 0 Å². The van der Waals surface area contributed by atoms with E-state index in [0.717, 1.165) is 25.1 Å². The second kappa shape index (κ2) is 4.97. The lowest BCUT2D eigenvalue weighted by atomic mass is 10.1. The van der Waals surface area contributed by atoms with Gasteiger partial charge in [0.05, 0.1) is 23.2 Å². The Morgan fingerprint density at radius 3 is 2.85 bits per heavy atom. The van der Waals surface area contributed by atoms with Gasteiger partial charge in [-0.05, 0) is 25.7 Å². The van der Waals surface area contributed by atoms with Crippen LogP contribution in [-0.2, 0) is 4.74 Å². The fourth-order valence-electron chi connectivity index (χ4n) is 2.64. The summed E-state index contributed by atoms with van der Waals surface area (Å²) in [6, 6.07) is 0.925. The summed E-state index contributed by atoms with van der Waals surface area (Å²) in [5.74, 6) is 0.0839. The largest absolute Gasteiger partial charge is 0.371 e. The molecule has 1 aliphatic heterocycles. The van der Waals surface area contributed by atoms with Crippen molar-refractivity contribution in [3.05, 3.63) is 28.2 Å². The quantitative estimate of drug-likeness (QED) is 0.627. The molecule has 0 N–H and O–H groups in total. The number of aromatic nitrogens is 1. The lowest BCUT2D eigenvalue weighted by Crippen LogP contribution is -2.48. The van der Waals surface area contributed by atoms with Crippen molar-refractivity contribution in [2.24, 2.45) is 5.92 Å². The molecule has 2 fully saturated rings. The van der Waals surface area contributed by atoms with Crippen molar-refractivity contribution in [2.45, 2.75) is 32.0 Å². The molecule has 0 amide bonds. The first-order chi connectivity index (χ1) is 9.54. The number of ether oxygens (including phenoxy) is 1. The zero-order valence-electron chi connectivity index (χ0n) is 11.2. The average Bonchev–Trinajstić information content (AvgIpc) is 3.21. The van der Waals surface area contributed by atoms with E-state index in [-0.39, 0.29) is 23.7 Å². The molecule has 0 bridgehead atoms. The molecule has 2 aliphatic rings. The maximum Gasteiger partial charge on any atom is 0.290 e. The Morgan fingerprint density at radius 2 is 2.25 bits per heavy atom. The highest BCUT2D eigenvalue weighted by Crippen LogP contribution is 2.37. The Balaban J connectivity index is 1.82. The molecule has 6 nitrogen and oxygen atoms in total. The fraction of sp³-hybridized carbons (Fsp3) is 0.615. The van der Waals surface area contributed by atoms with Crippen molar-refractivity contribution in [3.8, 4) is 0 Å². The first-order valence-electron chi connectivity index (χ1n) is 6.75. The van der Waals surface area contributed by atoms with Gasteiger partial charge in [0, 0.05) is 13.1 Å². The van der Waals surface area contributed by atoms with Crippen molar-refractivity contribution in [3.63, 3.8) is 0 Å². The Labute approximate surface area is 115 Å². The Bertz CT molecular complexity index is 536. The normalized spacial score (nSPS) is 26.6. The van der Waals surface area contributed by atoms with Gasteiger partial charge in [-0.25, -0.2) is 9.37 Å². The van der Waals surface area contributed by atoms with Crippen LogP contribution in [0.2, 0.25) is 0 Å². The summed E-state index contributed by atoms with van der Waals surface area (Å²) in [6.07, 6.45) is 3.52. The fourth-order valence-corrected chi connectivity index (χ4v) is 2.64. The number of nitro groups is 1. The number of halogens is 1. The third-order valence-electron chi connectivity index (χ3n) is 3.75. The minimum Gasteiger partial charge on any atom is -0.371 e. The van der Waals surface area contributed by atoms with E-state index in [4.69, 9.17) is 4.74 Å². The van der Waals surface area contributed by atoms with Gasteiger partial charge in [0.25, 0.3) is 5.69 Å². The van der Waals surface area contributed by atoms with Gasteiger partial charge in [-0.1, -0.05) is 0 Å². The molecule has 0 spiro atoms. The second-order valence-electron chi connectivity index (χ2n) is 5.48. The van der Waals surface area contributed by atoms with Crippen LogP contribution in [0.25, 0.3) is 0 Å². The number of rotatable bonds is 3. The first-order valence-corrected chi connectivity index (χ1v) is 6.75. The summed E-state index contributed by atoms with van der Waals surface area (Å²) < 4.78 is 19.9. The van der Waals surface area contributed by atoms with Gasteiger partial charge in [0.15, 0.2) is 11.6 Å². The third-order valence-corrected chi connectivity index (χ3v) is 3.75. The maximum atomic E-state index is 14.0. The van der Waals surface area contributed by atoms with Crippen LogP contribution in [0, 0.1) is 21.8 Å². The van der Waals surface area contributed by atoms with Crippen LogP contribution < -0.4 is 4.90 Å². The molecule has 1 aromatic rings. The van der Waals surface area contributed by atoms with Gasteiger partial charge in [-0.15, -0.1) is 0 Å². The van der Waals surface area contributed by atoms with E-state index in [2.05, 4.69) is 4.98 Å². The van der Waals surface area contributed by atoms with E-state index < -0.39 is 10.7 Å². The van der Waals surface area contributed by atoms with Crippen LogP contribution in [0.1, 0.15) is 19.8 Å². The van der Waals surface area contributed by atoms with Crippen LogP contribution in [0.15, 0.2) is 12.3 Å². The summed E-state index contributed by atoms with van der Waals surface area (Å²) in [7, 11) is 0. The number of nitrogens with zero attached hydrogens (tertiary/aromatic N) is 3. The van der Waals surface area contributed by atoms with Crippen LogP contribution in [0.5, 0.6) is 0 Å². The van der Waals surface area contributed by atoms with E-state index in [0.29, 0.717) is 19.0 Å². The predicted octanol–water partition coefficient (Wildman–Crippen LogP) is 2.13. The lowest BCUT2D eigenvalue weighted by molar-refractivity contribution is -0.385. The number of morpholine rings is 1. The van der Waals surface area contributed by atoms with Crippen LogP contribution in [0.3, 0.4) is 0 Å². The SMILES string of the molecule is C[C@@H]1CN(c2ncc([N+](=O)[O-])cc2F)C[C@H](C2CC2)O1. The number of hydrogen-bond donors (Lipinski definition) is 0. The van der Waals surface area contributed by atoms with Crippen molar-refractivity contribution in [2.75, 3.05) is 18.0 Å². The minimum atomic E-state index is -0.650. The monoisotopic (exact) mass is 281 g/mol. The molecule has 7 heteroatoms. The second-order valence-corrected chi connectivity index (χ2v) is 5.48. The average molecular weight is 281 g/mol. The topological polar surface area (TPSA) is 68.5 Å².